The highest BCUT2D eigenvalue weighted by atomic mass is 32.2. The quantitative estimate of drug-likeness (QED) is 0.693. The number of rotatable bonds is 7. The van der Waals surface area contributed by atoms with Gasteiger partial charge in [-0.1, -0.05) is 26.0 Å². The standard InChI is InChI=1S/C19H19F3N2O5S/c1-12(2)11-30(25,26)18-8-7-15(10-23-18)27-17-9-16(29-24-17)13-3-5-14(6-4-13)28-19(20,21)22/h3-10,12,16,24H,11H2,1-2H3/t16-/m0/s1. The zero-order valence-electron chi connectivity index (χ0n) is 16.0. The van der Waals surface area contributed by atoms with Gasteiger partial charge in [-0.05, 0) is 35.7 Å². The normalized spacial score (nSPS) is 16.9. The van der Waals surface area contributed by atoms with Crippen LogP contribution in [-0.4, -0.2) is 25.5 Å². The predicted octanol–water partition coefficient (Wildman–Crippen LogP) is 3.91. The molecule has 1 aliphatic heterocycles. The molecule has 1 aliphatic rings. The lowest BCUT2D eigenvalue weighted by atomic mass is 10.1. The lowest BCUT2D eigenvalue weighted by molar-refractivity contribution is -0.274. The van der Waals surface area contributed by atoms with Gasteiger partial charge >= 0.3 is 6.36 Å². The highest BCUT2D eigenvalue weighted by Crippen LogP contribution is 2.29. The van der Waals surface area contributed by atoms with Crippen molar-refractivity contribution in [3.05, 3.63) is 60.1 Å². The number of nitrogens with zero attached hydrogens (tertiary/aromatic N) is 1. The molecule has 2 aromatic rings. The number of nitrogens with one attached hydrogen (secondary N) is 1. The SMILES string of the molecule is CC(C)CS(=O)(=O)c1ccc(OC2=C[C@@H](c3ccc(OC(F)(F)F)cc3)ON2)cn1. The van der Waals surface area contributed by atoms with E-state index in [1.165, 1.54) is 42.6 Å². The summed E-state index contributed by atoms with van der Waals surface area (Å²) in [4.78, 5) is 9.29. The number of benzene rings is 1. The van der Waals surface area contributed by atoms with Crippen molar-refractivity contribution in [3.8, 4) is 11.5 Å². The topological polar surface area (TPSA) is 86.8 Å². The molecule has 0 amide bonds. The van der Waals surface area contributed by atoms with E-state index >= 15 is 0 Å². The Hall–Kier alpha value is -2.79. The summed E-state index contributed by atoms with van der Waals surface area (Å²) in [6.45, 7) is 3.61. The van der Waals surface area contributed by atoms with Crippen molar-refractivity contribution >= 4 is 9.84 Å². The van der Waals surface area contributed by atoms with Crippen molar-refractivity contribution < 1.29 is 35.9 Å². The van der Waals surface area contributed by atoms with Gasteiger partial charge < -0.3 is 9.47 Å². The molecule has 0 aliphatic carbocycles. The van der Waals surface area contributed by atoms with Crippen LogP contribution in [0.3, 0.4) is 0 Å². The summed E-state index contributed by atoms with van der Waals surface area (Å²) in [6.07, 6.45) is -2.50. The number of alkyl halides is 3. The zero-order chi connectivity index (χ0) is 21.9. The van der Waals surface area contributed by atoms with Gasteiger partial charge in [-0.2, -0.15) is 0 Å². The minimum atomic E-state index is -4.76. The van der Waals surface area contributed by atoms with E-state index in [-0.39, 0.29) is 34.1 Å². The molecule has 0 spiro atoms. The fraction of sp³-hybridized carbons (Fsp3) is 0.316. The summed E-state index contributed by atoms with van der Waals surface area (Å²) in [5.74, 6) is 0.153. The second-order valence-electron chi connectivity index (χ2n) is 6.90. The number of pyridine rings is 1. The molecule has 1 atom stereocenters. The van der Waals surface area contributed by atoms with E-state index in [1.54, 1.807) is 19.9 Å². The summed E-state index contributed by atoms with van der Waals surface area (Å²) in [6, 6.07) is 8.06. The first-order chi connectivity index (χ1) is 14.0. The van der Waals surface area contributed by atoms with Gasteiger partial charge in [0.05, 0.1) is 11.9 Å². The van der Waals surface area contributed by atoms with Gasteiger partial charge in [0, 0.05) is 6.08 Å². The zero-order valence-corrected chi connectivity index (χ0v) is 16.8. The van der Waals surface area contributed by atoms with Crippen LogP contribution in [0.2, 0.25) is 0 Å². The Kier molecular flexibility index (Phi) is 6.22. The van der Waals surface area contributed by atoms with Crippen molar-refractivity contribution in [1.29, 1.82) is 0 Å². The number of sulfone groups is 1. The molecule has 3 rings (SSSR count). The smallest absolute Gasteiger partial charge is 0.438 e. The minimum Gasteiger partial charge on any atom is -0.438 e. The van der Waals surface area contributed by atoms with Crippen molar-refractivity contribution in [2.24, 2.45) is 5.92 Å². The minimum absolute atomic E-state index is 0.00473. The molecule has 7 nitrogen and oxygen atoms in total. The third kappa shape index (κ3) is 5.86. The number of aromatic nitrogens is 1. The molecular weight excluding hydrogens is 425 g/mol. The monoisotopic (exact) mass is 444 g/mol. The molecule has 0 unspecified atom stereocenters. The van der Waals surface area contributed by atoms with E-state index < -0.39 is 22.3 Å². The maximum Gasteiger partial charge on any atom is 0.573 e. The first kappa shape index (κ1) is 21.9. The third-order valence-corrected chi connectivity index (χ3v) is 5.82. The lowest BCUT2D eigenvalue weighted by Crippen LogP contribution is -2.17. The van der Waals surface area contributed by atoms with Crippen LogP contribution in [-0.2, 0) is 14.7 Å². The number of hydrogen-bond acceptors (Lipinski definition) is 7. The van der Waals surface area contributed by atoms with Gasteiger partial charge in [0.15, 0.2) is 14.9 Å². The number of halogens is 3. The van der Waals surface area contributed by atoms with Crippen molar-refractivity contribution in [2.45, 2.75) is 31.3 Å². The second-order valence-corrected chi connectivity index (χ2v) is 8.88. The van der Waals surface area contributed by atoms with Crippen LogP contribution in [0.25, 0.3) is 0 Å². The first-order valence-corrected chi connectivity index (χ1v) is 10.5. The van der Waals surface area contributed by atoms with E-state index in [0.717, 1.165) is 0 Å². The second kappa shape index (κ2) is 8.52. The molecule has 0 radical (unpaired) electrons. The molecule has 0 fully saturated rings. The summed E-state index contributed by atoms with van der Waals surface area (Å²) >= 11 is 0. The van der Waals surface area contributed by atoms with Gasteiger partial charge in [-0.15, -0.1) is 13.2 Å². The summed E-state index contributed by atoms with van der Waals surface area (Å²) in [7, 11) is -3.47. The highest BCUT2D eigenvalue weighted by Gasteiger charge is 2.31. The van der Waals surface area contributed by atoms with Gasteiger partial charge in [0.1, 0.15) is 17.6 Å². The van der Waals surface area contributed by atoms with E-state index in [2.05, 4.69) is 15.2 Å². The van der Waals surface area contributed by atoms with Crippen LogP contribution in [0.15, 0.2) is 59.6 Å². The van der Waals surface area contributed by atoms with Crippen LogP contribution >= 0.6 is 0 Å². The molecule has 0 bridgehead atoms. The Balaban J connectivity index is 1.64. The van der Waals surface area contributed by atoms with E-state index in [1.807, 2.05) is 0 Å². The molecule has 1 N–H and O–H groups in total. The largest absolute Gasteiger partial charge is 0.573 e. The lowest BCUT2D eigenvalue weighted by Gasteiger charge is -2.11. The Morgan fingerprint density at radius 2 is 1.80 bits per heavy atom. The molecule has 2 heterocycles. The summed E-state index contributed by atoms with van der Waals surface area (Å²) in [5, 5.41) is -0.0350. The predicted molar refractivity (Wildman–Crippen MR) is 99.9 cm³/mol. The van der Waals surface area contributed by atoms with E-state index in [0.29, 0.717) is 5.56 Å². The van der Waals surface area contributed by atoms with Gasteiger partial charge in [0.2, 0.25) is 5.88 Å². The first-order valence-electron chi connectivity index (χ1n) is 8.88. The fourth-order valence-electron chi connectivity index (χ4n) is 2.67. The maximum absolute atomic E-state index is 12.2. The fourth-order valence-corrected chi connectivity index (χ4v) is 4.20. The van der Waals surface area contributed by atoms with E-state index in [9.17, 15) is 21.6 Å². The molecule has 1 aromatic heterocycles. The molecule has 30 heavy (non-hydrogen) atoms. The van der Waals surface area contributed by atoms with Crippen LogP contribution in [0.4, 0.5) is 13.2 Å². The highest BCUT2D eigenvalue weighted by molar-refractivity contribution is 7.91. The molecule has 11 heteroatoms. The van der Waals surface area contributed by atoms with Crippen LogP contribution < -0.4 is 15.0 Å². The van der Waals surface area contributed by atoms with Crippen molar-refractivity contribution in [1.82, 2.24) is 10.5 Å². The van der Waals surface area contributed by atoms with Crippen LogP contribution in [0.5, 0.6) is 11.5 Å². The molecule has 0 saturated carbocycles. The Morgan fingerprint density at radius 1 is 1.13 bits per heavy atom. The van der Waals surface area contributed by atoms with Gasteiger partial charge in [0.25, 0.3) is 0 Å². The summed E-state index contributed by atoms with van der Waals surface area (Å²) < 4.78 is 70.4. The van der Waals surface area contributed by atoms with E-state index in [4.69, 9.17) is 9.57 Å². The molecule has 162 valence electrons. The molecule has 0 saturated heterocycles. The Bertz CT molecular complexity index is 1000. The van der Waals surface area contributed by atoms with Crippen LogP contribution in [0.1, 0.15) is 25.5 Å². The molecule has 1 aromatic carbocycles. The Labute approximate surface area is 171 Å². The number of ether oxygens (including phenoxy) is 2. The average Bonchev–Trinajstić information content (AvgIpc) is 3.09. The van der Waals surface area contributed by atoms with Gasteiger partial charge in [-0.25, -0.2) is 18.9 Å². The number of hydroxylamine groups is 1. The third-order valence-electron chi connectivity index (χ3n) is 3.84. The van der Waals surface area contributed by atoms with Gasteiger partial charge in [-0.3, -0.25) is 4.84 Å². The average molecular weight is 444 g/mol. The summed E-state index contributed by atoms with van der Waals surface area (Å²) in [5.41, 5.74) is 3.13. The maximum atomic E-state index is 12.2. The van der Waals surface area contributed by atoms with Crippen molar-refractivity contribution in [3.63, 3.8) is 0 Å². The van der Waals surface area contributed by atoms with Crippen LogP contribution in [0, 0.1) is 5.92 Å². The number of hydrogen-bond donors (Lipinski definition) is 1. The molecular formula is C19H19F3N2O5S. The van der Waals surface area contributed by atoms with Crippen molar-refractivity contribution in [2.75, 3.05) is 5.75 Å². The Morgan fingerprint density at radius 3 is 2.37 bits per heavy atom.